The second-order valence-corrected chi connectivity index (χ2v) is 4.87. The quantitative estimate of drug-likeness (QED) is 0.855. The molecule has 0 saturated heterocycles. The number of benzene rings is 2. The van der Waals surface area contributed by atoms with Crippen LogP contribution in [0.4, 0.5) is 10.1 Å². The summed E-state index contributed by atoms with van der Waals surface area (Å²) in [4.78, 5) is 0. The van der Waals surface area contributed by atoms with Crippen molar-refractivity contribution in [1.29, 1.82) is 0 Å². The molecule has 2 rings (SSSR count). The van der Waals surface area contributed by atoms with E-state index < -0.39 is 0 Å². The minimum absolute atomic E-state index is 0.141. The third-order valence-corrected chi connectivity index (χ3v) is 3.53. The van der Waals surface area contributed by atoms with Crippen LogP contribution in [0.25, 0.3) is 0 Å². The van der Waals surface area contributed by atoms with Gasteiger partial charge in [0.25, 0.3) is 0 Å². The predicted molar refractivity (Wildman–Crippen MR) is 84.2 cm³/mol. The van der Waals surface area contributed by atoms with E-state index in [0.717, 1.165) is 12.0 Å². The molecular weight excluding hydrogens is 267 g/mol. The Morgan fingerprint density at radius 2 is 1.90 bits per heavy atom. The summed E-state index contributed by atoms with van der Waals surface area (Å²) in [5, 5.41) is 3.15. The second kappa shape index (κ2) is 7.09. The van der Waals surface area contributed by atoms with Crippen molar-refractivity contribution in [2.45, 2.75) is 19.4 Å². The summed E-state index contributed by atoms with van der Waals surface area (Å²) in [6, 6.07) is 12.7. The van der Waals surface area contributed by atoms with E-state index in [1.807, 2.05) is 12.1 Å². The van der Waals surface area contributed by atoms with Crippen LogP contribution in [0.15, 0.2) is 42.5 Å². The molecule has 2 aromatic rings. The van der Waals surface area contributed by atoms with Gasteiger partial charge in [-0.1, -0.05) is 31.2 Å². The topological polar surface area (TPSA) is 47.3 Å². The molecule has 2 aromatic carbocycles. The zero-order valence-corrected chi connectivity index (χ0v) is 12.4. The lowest BCUT2D eigenvalue weighted by Gasteiger charge is -2.20. The molecule has 0 heterocycles. The summed E-state index contributed by atoms with van der Waals surface area (Å²) >= 11 is 0. The Labute approximate surface area is 124 Å². The SMILES string of the molecule is CCc1ccc(C(CN)Nc2cc(OC)ccc2F)cc1. The highest BCUT2D eigenvalue weighted by atomic mass is 19.1. The zero-order chi connectivity index (χ0) is 15.2. The standard InChI is InChI=1S/C17H21FN2O/c1-3-12-4-6-13(7-5-12)17(11-19)20-16-10-14(21-2)8-9-15(16)18/h4-10,17,20H,3,11,19H2,1-2H3. The molecule has 1 atom stereocenters. The van der Waals surface area contributed by atoms with E-state index in [0.29, 0.717) is 18.0 Å². The molecular formula is C17H21FN2O. The lowest BCUT2D eigenvalue weighted by atomic mass is 10.0. The van der Waals surface area contributed by atoms with Gasteiger partial charge in [0, 0.05) is 12.6 Å². The number of rotatable bonds is 6. The van der Waals surface area contributed by atoms with Gasteiger partial charge in [0.2, 0.25) is 0 Å². The fourth-order valence-electron chi connectivity index (χ4n) is 2.19. The molecule has 0 radical (unpaired) electrons. The van der Waals surface area contributed by atoms with E-state index in [-0.39, 0.29) is 11.9 Å². The van der Waals surface area contributed by atoms with Gasteiger partial charge in [0.15, 0.2) is 0 Å². The maximum absolute atomic E-state index is 13.9. The summed E-state index contributed by atoms with van der Waals surface area (Å²) in [6.07, 6.45) is 0.992. The first-order chi connectivity index (χ1) is 10.2. The lowest BCUT2D eigenvalue weighted by Crippen LogP contribution is -2.21. The largest absolute Gasteiger partial charge is 0.497 e. The Balaban J connectivity index is 2.21. The Bertz CT molecular complexity index is 584. The number of hydrogen-bond acceptors (Lipinski definition) is 3. The number of halogens is 1. The normalized spacial score (nSPS) is 12.0. The summed E-state index contributed by atoms with van der Waals surface area (Å²) in [7, 11) is 1.56. The minimum Gasteiger partial charge on any atom is -0.497 e. The highest BCUT2D eigenvalue weighted by molar-refractivity contribution is 5.51. The first-order valence-electron chi connectivity index (χ1n) is 7.07. The van der Waals surface area contributed by atoms with Crippen LogP contribution in [0.3, 0.4) is 0 Å². The van der Waals surface area contributed by atoms with E-state index in [9.17, 15) is 4.39 Å². The first-order valence-corrected chi connectivity index (χ1v) is 7.07. The molecule has 0 aliphatic carbocycles. The minimum atomic E-state index is -0.320. The van der Waals surface area contributed by atoms with Crippen LogP contribution in [0.1, 0.15) is 24.1 Å². The Morgan fingerprint density at radius 3 is 2.48 bits per heavy atom. The van der Waals surface area contributed by atoms with E-state index in [1.54, 1.807) is 19.2 Å². The fraction of sp³-hybridized carbons (Fsp3) is 0.294. The number of ether oxygens (including phenoxy) is 1. The maximum Gasteiger partial charge on any atom is 0.146 e. The van der Waals surface area contributed by atoms with Crippen LogP contribution in [0.2, 0.25) is 0 Å². The summed E-state index contributed by atoms with van der Waals surface area (Å²) in [5.41, 5.74) is 8.53. The predicted octanol–water partition coefficient (Wildman–Crippen LogP) is 3.51. The zero-order valence-electron chi connectivity index (χ0n) is 12.4. The first kappa shape index (κ1) is 15.3. The monoisotopic (exact) mass is 288 g/mol. The van der Waals surface area contributed by atoms with Gasteiger partial charge in [-0.3, -0.25) is 0 Å². The van der Waals surface area contributed by atoms with Crippen LogP contribution in [0.5, 0.6) is 5.75 Å². The molecule has 0 bridgehead atoms. The molecule has 112 valence electrons. The van der Waals surface area contributed by atoms with Gasteiger partial charge in [-0.2, -0.15) is 0 Å². The smallest absolute Gasteiger partial charge is 0.146 e. The van der Waals surface area contributed by atoms with Crippen molar-refractivity contribution in [3.05, 3.63) is 59.4 Å². The molecule has 0 spiro atoms. The van der Waals surface area contributed by atoms with Crippen molar-refractivity contribution in [1.82, 2.24) is 0 Å². The molecule has 4 heteroatoms. The molecule has 0 aromatic heterocycles. The van der Waals surface area contributed by atoms with Gasteiger partial charge < -0.3 is 15.8 Å². The van der Waals surface area contributed by atoms with Crippen molar-refractivity contribution < 1.29 is 9.13 Å². The highest BCUT2D eigenvalue weighted by Gasteiger charge is 2.12. The maximum atomic E-state index is 13.9. The number of hydrogen-bond donors (Lipinski definition) is 2. The van der Waals surface area contributed by atoms with Crippen molar-refractivity contribution >= 4 is 5.69 Å². The van der Waals surface area contributed by atoms with Crippen LogP contribution < -0.4 is 15.8 Å². The fourth-order valence-corrected chi connectivity index (χ4v) is 2.19. The Kier molecular flexibility index (Phi) is 5.17. The van der Waals surface area contributed by atoms with Gasteiger partial charge in [-0.25, -0.2) is 4.39 Å². The van der Waals surface area contributed by atoms with E-state index in [2.05, 4.69) is 24.4 Å². The number of aryl methyl sites for hydroxylation is 1. The average molecular weight is 288 g/mol. The van der Waals surface area contributed by atoms with Gasteiger partial charge in [-0.05, 0) is 29.7 Å². The van der Waals surface area contributed by atoms with Crippen LogP contribution in [-0.4, -0.2) is 13.7 Å². The Morgan fingerprint density at radius 1 is 1.19 bits per heavy atom. The van der Waals surface area contributed by atoms with E-state index in [4.69, 9.17) is 10.5 Å². The third kappa shape index (κ3) is 3.73. The third-order valence-electron chi connectivity index (χ3n) is 3.53. The highest BCUT2D eigenvalue weighted by Crippen LogP contribution is 2.25. The Hall–Kier alpha value is -2.07. The van der Waals surface area contributed by atoms with Crippen LogP contribution in [0, 0.1) is 5.82 Å². The number of anilines is 1. The van der Waals surface area contributed by atoms with Gasteiger partial charge in [-0.15, -0.1) is 0 Å². The summed E-state index contributed by atoms with van der Waals surface area (Å²) in [5.74, 6) is 0.287. The number of nitrogens with two attached hydrogens (primary N) is 1. The van der Waals surface area contributed by atoms with Gasteiger partial charge in [0.1, 0.15) is 11.6 Å². The molecule has 3 N–H and O–H groups in total. The molecule has 1 unspecified atom stereocenters. The second-order valence-electron chi connectivity index (χ2n) is 4.87. The summed E-state index contributed by atoms with van der Waals surface area (Å²) in [6.45, 7) is 2.49. The van der Waals surface area contributed by atoms with E-state index >= 15 is 0 Å². The molecule has 0 aliphatic heterocycles. The van der Waals surface area contributed by atoms with Gasteiger partial charge >= 0.3 is 0 Å². The number of methoxy groups -OCH3 is 1. The van der Waals surface area contributed by atoms with E-state index in [1.165, 1.54) is 11.6 Å². The molecule has 0 amide bonds. The summed E-state index contributed by atoms with van der Waals surface area (Å²) < 4.78 is 19.0. The molecule has 21 heavy (non-hydrogen) atoms. The molecule has 0 aliphatic rings. The molecule has 3 nitrogen and oxygen atoms in total. The molecule has 0 saturated carbocycles. The van der Waals surface area contributed by atoms with Crippen molar-refractivity contribution in [3.8, 4) is 5.75 Å². The molecule has 0 fully saturated rings. The van der Waals surface area contributed by atoms with Gasteiger partial charge in [0.05, 0.1) is 18.8 Å². The van der Waals surface area contributed by atoms with Crippen LogP contribution in [-0.2, 0) is 6.42 Å². The average Bonchev–Trinajstić information content (AvgIpc) is 2.54. The lowest BCUT2D eigenvalue weighted by molar-refractivity contribution is 0.414. The van der Waals surface area contributed by atoms with Crippen molar-refractivity contribution in [2.75, 3.05) is 19.0 Å². The number of nitrogens with one attached hydrogen (secondary N) is 1. The van der Waals surface area contributed by atoms with Crippen molar-refractivity contribution in [2.24, 2.45) is 5.73 Å². The van der Waals surface area contributed by atoms with Crippen molar-refractivity contribution in [3.63, 3.8) is 0 Å². The van der Waals surface area contributed by atoms with Crippen LogP contribution >= 0.6 is 0 Å².